The van der Waals surface area contributed by atoms with Gasteiger partial charge in [0.1, 0.15) is 5.69 Å². The third-order valence-corrected chi connectivity index (χ3v) is 2.17. The van der Waals surface area contributed by atoms with Crippen LogP contribution in [0.25, 0.3) is 17.0 Å². The Morgan fingerprint density at radius 2 is 2.00 bits per heavy atom. The molecule has 3 rings (SSSR count). The lowest BCUT2D eigenvalue weighted by atomic mass is 10.3. The van der Waals surface area contributed by atoms with Crippen LogP contribution >= 0.6 is 0 Å². The molecule has 0 spiro atoms. The Hall–Kier alpha value is -2.23. The third kappa shape index (κ3) is 1.36. The largest absolute Gasteiger partial charge is 0.253 e. The van der Waals surface area contributed by atoms with Crippen LogP contribution in [0.2, 0.25) is 0 Å². The fourth-order valence-electron chi connectivity index (χ4n) is 1.45. The molecule has 0 saturated heterocycles. The van der Waals surface area contributed by atoms with Gasteiger partial charge in [-0.15, -0.1) is 5.10 Å². The molecule has 4 nitrogen and oxygen atoms in total. The Bertz CT molecular complexity index is 586. The van der Waals surface area contributed by atoms with Crippen molar-refractivity contribution >= 4 is 5.52 Å². The lowest BCUT2D eigenvalue weighted by molar-refractivity contribution is 0.907. The number of pyridine rings is 1. The van der Waals surface area contributed by atoms with Gasteiger partial charge in [0.15, 0.2) is 5.82 Å². The fourth-order valence-corrected chi connectivity index (χ4v) is 1.45. The molecule has 3 aromatic rings. The molecular weight excluding hydrogens is 188 g/mol. The fraction of sp³-hybridized carbons (Fsp3) is 0. The van der Waals surface area contributed by atoms with Crippen LogP contribution in [0.15, 0.2) is 48.9 Å². The normalized spacial score (nSPS) is 10.7. The van der Waals surface area contributed by atoms with Crippen molar-refractivity contribution in [3.63, 3.8) is 0 Å². The molecule has 15 heavy (non-hydrogen) atoms. The van der Waals surface area contributed by atoms with Crippen molar-refractivity contribution < 1.29 is 0 Å². The van der Waals surface area contributed by atoms with Gasteiger partial charge >= 0.3 is 0 Å². The highest BCUT2D eigenvalue weighted by atomic mass is 15.2. The van der Waals surface area contributed by atoms with Gasteiger partial charge in [0.05, 0.1) is 11.7 Å². The van der Waals surface area contributed by atoms with Gasteiger partial charge < -0.3 is 0 Å². The SMILES string of the molecule is c1ccc(-c2ncc3cccn3n2)nc1. The summed E-state index contributed by atoms with van der Waals surface area (Å²) in [4.78, 5) is 8.46. The van der Waals surface area contributed by atoms with E-state index in [0.29, 0.717) is 5.82 Å². The van der Waals surface area contributed by atoms with Gasteiger partial charge in [-0.2, -0.15) is 0 Å². The van der Waals surface area contributed by atoms with Crippen LogP contribution in [-0.4, -0.2) is 19.6 Å². The zero-order chi connectivity index (χ0) is 10.1. The Morgan fingerprint density at radius 3 is 2.87 bits per heavy atom. The predicted octanol–water partition coefficient (Wildman–Crippen LogP) is 1.79. The first-order valence-corrected chi connectivity index (χ1v) is 4.65. The maximum Gasteiger partial charge on any atom is 0.198 e. The minimum absolute atomic E-state index is 0.638. The van der Waals surface area contributed by atoms with Crippen LogP contribution in [0, 0.1) is 0 Å². The van der Waals surface area contributed by atoms with E-state index in [0.717, 1.165) is 11.2 Å². The molecule has 0 amide bonds. The van der Waals surface area contributed by atoms with Crippen LogP contribution in [-0.2, 0) is 0 Å². The summed E-state index contributed by atoms with van der Waals surface area (Å²) in [6, 6.07) is 9.59. The molecule has 72 valence electrons. The maximum atomic E-state index is 4.35. The Labute approximate surface area is 86.2 Å². The van der Waals surface area contributed by atoms with Crippen LogP contribution in [0.5, 0.6) is 0 Å². The standard InChI is InChI=1S/C11H8N4/c1-2-6-12-10(5-1)11-13-8-9-4-3-7-15(9)14-11/h1-8H. The summed E-state index contributed by atoms with van der Waals surface area (Å²) in [5.41, 5.74) is 1.77. The Balaban J connectivity index is 2.19. The van der Waals surface area contributed by atoms with Crippen LogP contribution in [0.3, 0.4) is 0 Å². The zero-order valence-electron chi connectivity index (χ0n) is 7.91. The van der Waals surface area contributed by atoms with Crippen molar-refractivity contribution in [1.82, 2.24) is 19.6 Å². The number of rotatable bonds is 1. The minimum atomic E-state index is 0.638. The third-order valence-electron chi connectivity index (χ3n) is 2.17. The van der Waals surface area contributed by atoms with Gasteiger partial charge in [0.2, 0.25) is 0 Å². The summed E-state index contributed by atoms with van der Waals surface area (Å²) < 4.78 is 1.79. The molecule has 0 fully saturated rings. The van der Waals surface area contributed by atoms with E-state index in [1.807, 2.05) is 36.5 Å². The quantitative estimate of drug-likeness (QED) is 0.596. The second-order valence-electron chi connectivity index (χ2n) is 3.17. The molecule has 0 radical (unpaired) electrons. The van der Waals surface area contributed by atoms with E-state index < -0.39 is 0 Å². The molecule has 0 aliphatic carbocycles. The van der Waals surface area contributed by atoms with Gasteiger partial charge in [-0.25, -0.2) is 9.50 Å². The summed E-state index contributed by atoms with van der Waals surface area (Å²) in [7, 11) is 0. The summed E-state index contributed by atoms with van der Waals surface area (Å²) in [6.45, 7) is 0. The Kier molecular flexibility index (Phi) is 1.71. The van der Waals surface area contributed by atoms with Crippen molar-refractivity contribution in [3.8, 4) is 11.5 Å². The lowest BCUT2D eigenvalue weighted by Gasteiger charge is -1.99. The number of aromatic nitrogens is 4. The first-order valence-electron chi connectivity index (χ1n) is 4.65. The molecule has 0 unspecified atom stereocenters. The molecule has 0 saturated carbocycles. The topological polar surface area (TPSA) is 43.1 Å². The molecule has 0 aromatic carbocycles. The van der Waals surface area contributed by atoms with Crippen molar-refractivity contribution in [3.05, 3.63) is 48.9 Å². The van der Waals surface area contributed by atoms with E-state index in [4.69, 9.17) is 0 Å². The van der Waals surface area contributed by atoms with Gasteiger partial charge in [0.25, 0.3) is 0 Å². The highest BCUT2D eigenvalue weighted by molar-refractivity contribution is 5.51. The number of fused-ring (bicyclic) bond motifs is 1. The highest BCUT2D eigenvalue weighted by Crippen LogP contribution is 2.10. The molecule has 0 atom stereocenters. The minimum Gasteiger partial charge on any atom is -0.253 e. The van der Waals surface area contributed by atoms with Crippen LogP contribution < -0.4 is 0 Å². The maximum absolute atomic E-state index is 4.35. The first-order chi connectivity index (χ1) is 7.43. The molecule has 3 aromatic heterocycles. The average Bonchev–Trinajstić information content (AvgIpc) is 2.77. The van der Waals surface area contributed by atoms with Crippen LogP contribution in [0.1, 0.15) is 0 Å². The molecule has 4 heteroatoms. The summed E-state index contributed by atoms with van der Waals surface area (Å²) >= 11 is 0. The first kappa shape index (κ1) is 8.11. The average molecular weight is 196 g/mol. The number of nitrogens with zero attached hydrogens (tertiary/aromatic N) is 4. The van der Waals surface area contributed by atoms with E-state index in [-0.39, 0.29) is 0 Å². The molecule has 0 aliphatic rings. The van der Waals surface area contributed by atoms with Crippen LogP contribution in [0.4, 0.5) is 0 Å². The van der Waals surface area contributed by atoms with Gasteiger partial charge in [-0.3, -0.25) is 4.98 Å². The van der Waals surface area contributed by atoms with E-state index in [9.17, 15) is 0 Å². The molecule has 3 heterocycles. The summed E-state index contributed by atoms with van der Waals surface area (Å²) in [5, 5.41) is 4.35. The van der Waals surface area contributed by atoms with Crippen molar-refractivity contribution in [2.45, 2.75) is 0 Å². The monoisotopic (exact) mass is 196 g/mol. The van der Waals surface area contributed by atoms with Crippen molar-refractivity contribution in [1.29, 1.82) is 0 Å². The molecule has 0 N–H and O–H groups in total. The lowest BCUT2D eigenvalue weighted by Crippen LogP contribution is -1.96. The van der Waals surface area contributed by atoms with Crippen molar-refractivity contribution in [2.24, 2.45) is 0 Å². The summed E-state index contributed by atoms with van der Waals surface area (Å²) in [5.74, 6) is 0.638. The zero-order valence-corrected chi connectivity index (χ0v) is 7.91. The molecule has 0 aliphatic heterocycles. The second-order valence-corrected chi connectivity index (χ2v) is 3.17. The van der Waals surface area contributed by atoms with Gasteiger partial charge in [-0.1, -0.05) is 6.07 Å². The highest BCUT2D eigenvalue weighted by Gasteiger charge is 2.02. The Morgan fingerprint density at radius 1 is 1.00 bits per heavy atom. The van der Waals surface area contributed by atoms with Gasteiger partial charge in [-0.05, 0) is 24.3 Å². The van der Waals surface area contributed by atoms with E-state index in [1.165, 1.54) is 0 Å². The smallest absolute Gasteiger partial charge is 0.198 e. The predicted molar refractivity (Wildman–Crippen MR) is 56.2 cm³/mol. The second kappa shape index (κ2) is 3.16. The van der Waals surface area contributed by atoms with E-state index in [1.54, 1.807) is 16.9 Å². The summed E-state index contributed by atoms with van der Waals surface area (Å²) in [6.07, 6.45) is 5.42. The number of hydrogen-bond acceptors (Lipinski definition) is 3. The molecule has 0 bridgehead atoms. The molecular formula is C11H8N4. The van der Waals surface area contributed by atoms with E-state index in [2.05, 4.69) is 15.1 Å². The van der Waals surface area contributed by atoms with Gasteiger partial charge in [0, 0.05) is 12.4 Å². The van der Waals surface area contributed by atoms with E-state index >= 15 is 0 Å². The number of hydrogen-bond donors (Lipinski definition) is 0. The van der Waals surface area contributed by atoms with Crippen molar-refractivity contribution in [2.75, 3.05) is 0 Å².